The number of ether oxygens (including phenoxy) is 2. The minimum Gasteiger partial charge on any atom is -0.491 e. The second-order valence-electron chi connectivity index (χ2n) is 5.45. The van der Waals surface area contributed by atoms with Crippen LogP contribution in [0.4, 0.5) is 0 Å². The third kappa shape index (κ3) is 7.11. The van der Waals surface area contributed by atoms with Gasteiger partial charge in [0.25, 0.3) is 0 Å². The molecule has 2 rings (SSSR count). The Balaban J connectivity index is 1.70. The van der Waals surface area contributed by atoms with E-state index >= 15 is 0 Å². The minimum absolute atomic E-state index is 0.559. The highest BCUT2D eigenvalue weighted by molar-refractivity contribution is 7.09. The Morgan fingerprint density at radius 1 is 1.20 bits per heavy atom. The van der Waals surface area contributed by atoms with Crippen LogP contribution in [-0.2, 0) is 17.7 Å². The highest BCUT2D eigenvalue weighted by Crippen LogP contribution is 2.12. The molecule has 25 heavy (non-hydrogen) atoms. The molecule has 0 atom stereocenters. The second-order valence-corrected chi connectivity index (χ2v) is 6.51. The first kappa shape index (κ1) is 19.2. The normalized spacial score (nSPS) is 11.4. The summed E-state index contributed by atoms with van der Waals surface area (Å²) in [5.74, 6) is 1.63. The molecule has 1 aromatic heterocycles. The van der Waals surface area contributed by atoms with E-state index in [1.54, 1.807) is 25.5 Å². The van der Waals surface area contributed by atoms with Gasteiger partial charge in [0, 0.05) is 39.0 Å². The summed E-state index contributed by atoms with van der Waals surface area (Å²) in [6.45, 7) is 4.67. The first-order valence-corrected chi connectivity index (χ1v) is 9.15. The molecule has 6 nitrogen and oxygen atoms in total. The number of methoxy groups -OCH3 is 1. The van der Waals surface area contributed by atoms with Gasteiger partial charge in [-0.3, -0.25) is 4.99 Å². The summed E-state index contributed by atoms with van der Waals surface area (Å²) in [6.07, 6.45) is 0.887. The van der Waals surface area contributed by atoms with E-state index in [-0.39, 0.29) is 0 Å². The number of nitrogens with one attached hydrogen (secondary N) is 2. The lowest BCUT2D eigenvalue weighted by Gasteiger charge is -2.12. The van der Waals surface area contributed by atoms with E-state index in [9.17, 15) is 0 Å². The molecule has 0 spiro atoms. The monoisotopic (exact) mass is 362 g/mol. The summed E-state index contributed by atoms with van der Waals surface area (Å²) in [7, 11) is 3.44. The third-order valence-electron chi connectivity index (χ3n) is 3.50. The molecule has 0 aliphatic heterocycles. The maximum atomic E-state index is 5.56. The third-order valence-corrected chi connectivity index (χ3v) is 4.33. The zero-order valence-corrected chi connectivity index (χ0v) is 15.9. The number of nitrogens with zero attached hydrogens (tertiary/aromatic N) is 2. The Bertz CT molecular complexity index is 655. The van der Waals surface area contributed by atoms with Crippen molar-refractivity contribution >= 4 is 17.3 Å². The van der Waals surface area contributed by atoms with Crippen LogP contribution in [0.2, 0.25) is 0 Å². The van der Waals surface area contributed by atoms with Gasteiger partial charge in [-0.25, -0.2) is 4.98 Å². The molecule has 0 bridgehead atoms. The summed E-state index contributed by atoms with van der Waals surface area (Å²) < 4.78 is 10.5. The number of aryl methyl sites for hydroxylation is 1. The lowest BCUT2D eigenvalue weighted by Crippen LogP contribution is -2.37. The molecule has 0 unspecified atom stereocenters. The lowest BCUT2D eigenvalue weighted by molar-refractivity contribution is 0.146. The van der Waals surface area contributed by atoms with Crippen molar-refractivity contribution in [3.8, 4) is 5.75 Å². The Kier molecular flexibility index (Phi) is 8.21. The van der Waals surface area contributed by atoms with Crippen molar-refractivity contribution in [2.75, 3.05) is 33.9 Å². The van der Waals surface area contributed by atoms with Crippen LogP contribution >= 0.6 is 11.3 Å². The SMILES string of the molecule is CN=C(NCCc1csc(C)n1)NCc1ccc(OCCOC)cc1. The number of rotatable bonds is 9. The van der Waals surface area contributed by atoms with Gasteiger partial charge in [-0.1, -0.05) is 12.1 Å². The molecule has 0 saturated heterocycles. The molecule has 136 valence electrons. The molecule has 7 heteroatoms. The van der Waals surface area contributed by atoms with Crippen molar-refractivity contribution < 1.29 is 9.47 Å². The highest BCUT2D eigenvalue weighted by atomic mass is 32.1. The molecule has 0 aliphatic rings. The van der Waals surface area contributed by atoms with Crippen molar-refractivity contribution in [2.45, 2.75) is 19.9 Å². The van der Waals surface area contributed by atoms with Gasteiger partial charge in [-0.05, 0) is 24.6 Å². The molecule has 0 aliphatic carbocycles. The maximum absolute atomic E-state index is 5.56. The molecule has 0 amide bonds. The fourth-order valence-corrected chi connectivity index (χ4v) is 2.83. The van der Waals surface area contributed by atoms with Gasteiger partial charge in [0.05, 0.1) is 17.3 Å². The average molecular weight is 362 g/mol. The van der Waals surface area contributed by atoms with Gasteiger partial charge in [-0.2, -0.15) is 0 Å². The number of guanidine groups is 1. The summed E-state index contributed by atoms with van der Waals surface area (Å²) in [4.78, 5) is 8.71. The number of benzene rings is 1. The van der Waals surface area contributed by atoms with Crippen LogP contribution < -0.4 is 15.4 Å². The van der Waals surface area contributed by atoms with Crippen LogP contribution in [0.25, 0.3) is 0 Å². The molecule has 1 aromatic carbocycles. The largest absolute Gasteiger partial charge is 0.491 e. The van der Waals surface area contributed by atoms with Crippen LogP contribution in [0.5, 0.6) is 5.75 Å². The Labute approximate surface area is 153 Å². The van der Waals surface area contributed by atoms with E-state index in [0.29, 0.717) is 19.8 Å². The molecule has 1 heterocycles. The van der Waals surface area contributed by atoms with E-state index in [1.807, 2.05) is 31.2 Å². The first-order chi connectivity index (χ1) is 12.2. The summed E-state index contributed by atoms with van der Waals surface area (Å²) in [6, 6.07) is 8.02. The molecule has 0 saturated carbocycles. The summed E-state index contributed by atoms with van der Waals surface area (Å²) in [5.41, 5.74) is 2.28. The van der Waals surface area contributed by atoms with Gasteiger partial charge >= 0.3 is 0 Å². The van der Waals surface area contributed by atoms with Gasteiger partial charge in [-0.15, -0.1) is 11.3 Å². The lowest BCUT2D eigenvalue weighted by atomic mass is 10.2. The van der Waals surface area contributed by atoms with Crippen LogP contribution in [0, 0.1) is 6.92 Å². The van der Waals surface area contributed by atoms with Crippen molar-refractivity contribution in [3.05, 3.63) is 45.9 Å². The van der Waals surface area contributed by atoms with Crippen molar-refractivity contribution in [3.63, 3.8) is 0 Å². The highest BCUT2D eigenvalue weighted by Gasteiger charge is 2.01. The topological polar surface area (TPSA) is 67.8 Å². The van der Waals surface area contributed by atoms with Crippen molar-refractivity contribution in [2.24, 2.45) is 4.99 Å². The van der Waals surface area contributed by atoms with E-state index < -0.39 is 0 Å². The molecule has 0 radical (unpaired) electrons. The molecule has 0 fully saturated rings. The standard InChI is InChI=1S/C18H26N4O2S/c1-14-22-16(13-25-14)8-9-20-18(19-2)21-12-15-4-6-17(7-5-15)24-11-10-23-3/h4-7,13H,8-12H2,1-3H3,(H2,19,20,21). The van der Waals surface area contributed by atoms with Crippen molar-refractivity contribution in [1.29, 1.82) is 0 Å². The first-order valence-electron chi connectivity index (χ1n) is 8.27. The fourth-order valence-electron chi connectivity index (χ4n) is 2.18. The van der Waals surface area contributed by atoms with Gasteiger partial charge in [0.1, 0.15) is 12.4 Å². The Morgan fingerprint density at radius 3 is 2.64 bits per heavy atom. The van der Waals surface area contributed by atoms with Gasteiger partial charge in [0.15, 0.2) is 5.96 Å². The molecular formula is C18H26N4O2S. The second kappa shape index (κ2) is 10.7. The fraction of sp³-hybridized carbons (Fsp3) is 0.444. The zero-order chi connectivity index (χ0) is 17.9. The summed E-state index contributed by atoms with van der Waals surface area (Å²) >= 11 is 1.68. The number of hydrogen-bond donors (Lipinski definition) is 2. The van der Waals surface area contributed by atoms with E-state index in [4.69, 9.17) is 9.47 Å². The Morgan fingerprint density at radius 2 is 2.00 bits per heavy atom. The van der Waals surface area contributed by atoms with E-state index in [2.05, 4.69) is 26.0 Å². The number of hydrogen-bond acceptors (Lipinski definition) is 5. The predicted molar refractivity (Wildman–Crippen MR) is 103 cm³/mol. The average Bonchev–Trinajstić information content (AvgIpc) is 3.04. The molecule has 2 N–H and O–H groups in total. The van der Waals surface area contributed by atoms with Gasteiger partial charge in [0.2, 0.25) is 0 Å². The molecule has 2 aromatic rings. The maximum Gasteiger partial charge on any atom is 0.191 e. The smallest absolute Gasteiger partial charge is 0.191 e. The Hall–Kier alpha value is -2.12. The number of aromatic nitrogens is 1. The quantitative estimate of drug-likeness (QED) is 0.407. The van der Waals surface area contributed by atoms with Crippen LogP contribution in [0.15, 0.2) is 34.6 Å². The summed E-state index contributed by atoms with van der Waals surface area (Å²) in [5, 5.41) is 9.82. The zero-order valence-electron chi connectivity index (χ0n) is 15.0. The van der Waals surface area contributed by atoms with Crippen LogP contribution in [0.1, 0.15) is 16.3 Å². The van der Waals surface area contributed by atoms with Gasteiger partial charge < -0.3 is 20.1 Å². The van der Waals surface area contributed by atoms with Crippen LogP contribution in [0.3, 0.4) is 0 Å². The van der Waals surface area contributed by atoms with E-state index in [1.165, 1.54) is 0 Å². The van der Waals surface area contributed by atoms with Crippen molar-refractivity contribution in [1.82, 2.24) is 15.6 Å². The number of thiazole rings is 1. The van der Waals surface area contributed by atoms with Crippen LogP contribution in [-0.4, -0.2) is 44.9 Å². The van der Waals surface area contributed by atoms with E-state index in [0.717, 1.165) is 40.9 Å². The molecular weight excluding hydrogens is 336 g/mol. The predicted octanol–water partition coefficient (Wildman–Crippen LogP) is 2.38. The number of aliphatic imine (C=N–C) groups is 1. The minimum atomic E-state index is 0.559.